The Bertz CT molecular complexity index is 1040. The van der Waals surface area contributed by atoms with Crippen LogP contribution in [-0.4, -0.2) is 19.9 Å². The molecule has 0 saturated carbocycles. The van der Waals surface area contributed by atoms with Gasteiger partial charge in [-0.3, -0.25) is 0 Å². The molecule has 0 unspecified atom stereocenters. The Morgan fingerprint density at radius 1 is 1.07 bits per heavy atom. The predicted octanol–water partition coefficient (Wildman–Crippen LogP) is 5.11. The normalized spacial score (nSPS) is 10.6. The Morgan fingerprint density at radius 3 is 2.64 bits per heavy atom. The summed E-state index contributed by atoms with van der Waals surface area (Å²) in [6.45, 7) is 2.41. The van der Waals surface area contributed by atoms with Crippen molar-refractivity contribution in [3.05, 3.63) is 77.7 Å². The van der Waals surface area contributed by atoms with Gasteiger partial charge in [-0.1, -0.05) is 30.3 Å². The molecule has 0 spiro atoms. The molecular weight excluding hydrogens is 390 g/mol. The average Bonchev–Trinajstić information content (AvgIpc) is 3.14. The first kappa shape index (κ1) is 18.4. The molecule has 0 bridgehead atoms. The van der Waals surface area contributed by atoms with E-state index >= 15 is 0 Å². The largest absolute Gasteiger partial charge is 0.485 e. The highest BCUT2D eigenvalue weighted by Crippen LogP contribution is 2.33. The summed E-state index contributed by atoms with van der Waals surface area (Å²) >= 11 is 2.97. The summed E-state index contributed by atoms with van der Waals surface area (Å²) in [5, 5.41) is 6.68. The SMILES string of the molecule is Cc1csc(Nc2ncc(Sc3ncccn3)cc2OCc2ccccc2)n1. The van der Waals surface area contributed by atoms with Crippen LogP contribution in [0.3, 0.4) is 0 Å². The van der Waals surface area contributed by atoms with Crippen molar-refractivity contribution in [2.24, 2.45) is 0 Å². The van der Waals surface area contributed by atoms with Crippen molar-refractivity contribution >= 4 is 34.0 Å². The molecule has 3 aromatic heterocycles. The van der Waals surface area contributed by atoms with Crippen molar-refractivity contribution in [3.63, 3.8) is 0 Å². The number of hydrogen-bond acceptors (Lipinski definition) is 8. The van der Waals surface area contributed by atoms with E-state index in [9.17, 15) is 0 Å². The summed E-state index contributed by atoms with van der Waals surface area (Å²) in [6.07, 6.45) is 5.21. The number of benzene rings is 1. The predicted molar refractivity (Wildman–Crippen MR) is 111 cm³/mol. The third-order valence-electron chi connectivity index (χ3n) is 3.66. The van der Waals surface area contributed by atoms with Gasteiger partial charge in [0.25, 0.3) is 0 Å². The van der Waals surface area contributed by atoms with E-state index in [0.717, 1.165) is 21.3 Å². The average molecular weight is 408 g/mol. The fourth-order valence-corrected chi connectivity index (χ4v) is 3.77. The number of nitrogens with zero attached hydrogens (tertiary/aromatic N) is 4. The van der Waals surface area contributed by atoms with Crippen molar-refractivity contribution in [2.45, 2.75) is 23.6 Å². The smallest absolute Gasteiger partial charge is 0.192 e. The number of aromatic nitrogens is 4. The number of hydrogen-bond donors (Lipinski definition) is 1. The molecule has 0 atom stereocenters. The minimum Gasteiger partial charge on any atom is -0.485 e. The van der Waals surface area contributed by atoms with Crippen LogP contribution in [0.25, 0.3) is 0 Å². The summed E-state index contributed by atoms with van der Waals surface area (Å²) in [5.74, 6) is 1.28. The second-order valence-corrected chi connectivity index (χ2v) is 7.74. The Kier molecular flexibility index (Phi) is 5.79. The highest BCUT2D eigenvalue weighted by Gasteiger charge is 2.11. The Morgan fingerprint density at radius 2 is 1.89 bits per heavy atom. The molecule has 0 radical (unpaired) electrons. The van der Waals surface area contributed by atoms with Crippen LogP contribution in [0, 0.1) is 6.92 Å². The molecule has 0 aliphatic heterocycles. The van der Waals surface area contributed by atoms with Crippen LogP contribution >= 0.6 is 23.1 Å². The summed E-state index contributed by atoms with van der Waals surface area (Å²) < 4.78 is 6.08. The zero-order valence-corrected chi connectivity index (χ0v) is 16.7. The van der Waals surface area contributed by atoms with Crippen molar-refractivity contribution in [3.8, 4) is 5.75 Å². The number of anilines is 2. The molecule has 6 nitrogen and oxygen atoms in total. The standard InChI is InChI=1S/C20H17N5OS2/c1-14-13-27-20(24-14)25-18-17(26-12-15-6-3-2-4-7-15)10-16(11-23-18)28-19-21-8-5-9-22-19/h2-11,13H,12H2,1H3,(H,23,24,25). The van der Waals surface area contributed by atoms with E-state index in [1.807, 2.05) is 48.7 Å². The van der Waals surface area contributed by atoms with Gasteiger partial charge in [0, 0.05) is 28.9 Å². The van der Waals surface area contributed by atoms with Gasteiger partial charge in [-0.05, 0) is 36.4 Å². The van der Waals surface area contributed by atoms with Gasteiger partial charge in [-0.2, -0.15) is 0 Å². The maximum Gasteiger partial charge on any atom is 0.192 e. The molecule has 140 valence electrons. The molecule has 28 heavy (non-hydrogen) atoms. The van der Waals surface area contributed by atoms with Gasteiger partial charge in [-0.25, -0.2) is 19.9 Å². The quantitative estimate of drug-likeness (QED) is 0.427. The van der Waals surface area contributed by atoms with Gasteiger partial charge in [0.1, 0.15) is 6.61 Å². The van der Waals surface area contributed by atoms with Crippen LogP contribution < -0.4 is 10.1 Å². The molecule has 0 amide bonds. The lowest BCUT2D eigenvalue weighted by Crippen LogP contribution is -2.01. The van der Waals surface area contributed by atoms with E-state index in [1.165, 1.54) is 23.1 Å². The number of rotatable bonds is 7. The lowest BCUT2D eigenvalue weighted by molar-refractivity contribution is 0.306. The fourth-order valence-electron chi connectivity index (χ4n) is 2.38. The molecule has 0 fully saturated rings. The third-order valence-corrected chi connectivity index (χ3v) is 5.39. The third kappa shape index (κ3) is 4.85. The zero-order valence-electron chi connectivity index (χ0n) is 15.1. The van der Waals surface area contributed by atoms with Crippen molar-refractivity contribution in [2.75, 3.05) is 5.32 Å². The molecule has 1 aromatic carbocycles. The molecule has 8 heteroatoms. The number of ether oxygens (including phenoxy) is 1. The lowest BCUT2D eigenvalue weighted by atomic mass is 10.2. The molecule has 4 aromatic rings. The van der Waals surface area contributed by atoms with Gasteiger partial charge in [0.2, 0.25) is 0 Å². The van der Waals surface area contributed by atoms with Gasteiger partial charge in [0.15, 0.2) is 21.9 Å². The van der Waals surface area contributed by atoms with Gasteiger partial charge in [0.05, 0.1) is 5.69 Å². The lowest BCUT2D eigenvalue weighted by Gasteiger charge is -2.12. The maximum atomic E-state index is 6.08. The van der Waals surface area contributed by atoms with E-state index < -0.39 is 0 Å². The number of nitrogens with one attached hydrogen (secondary N) is 1. The van der Waals surface area contributed by atoms with Crippen LogP contribution in [0.4, 0.5) is 10.9 Å². The van der Waals surface area contributed by atoms with Gasteiger partial charge in [-0.15, -0.1) is 11.3 Å². The zero-order chi connectivity index (χ0) is 19.2. The van der Waals surface area contributed by atoms with Crippen LogP contribution in [-0.2, 0) is 6.61 Å². The number of pyridine rings is 1. The van der Waals surface area contributed by atoms with Crippen molar-refractivity contribution < 1.29 is 4.74 Å². The Labute approximate surface area is 171 Å². The van der Waals surface area contributed by atoms with Crippen LogP contribution in [0.15, 0.2) is 76.5 Å². The molecule has 0 aliphatic carbocycles. The Balaban J connectivity index is 1.58. The van der Waals surface area contributed by atoms with Crippen molar-refractivity contribution in [1.82, 2.24) is 19.9 Å². The first-order chi connectivity index (χ1) is 13.8. The van der Waals surface area contributed by atoms with E-state index in [4.69, 9.17) is 4.74 Å². The first-order valence-corrected chi connectivity index (χ1v) is 10.3. The summed E-state index contributed by atoms with van der Waals surface area (Å²) in [6, 6.07) is 13.8. The van der Waals surface area contributed by atoms with E-state index in [2.05, 4.69) is 25.3 Å². The topological polar surface area (TPSA) is 72.8 Å². The molecule has 0 aliphatic rings. The number of aryl methyl sites for hydroxylation is 1. The first-order valence-electron chi connectivity index (χ1n) is 8.57. The van der Waals surface area contributed by atoms with Gasteiger partial charge >= 0.3 is 0 Å². The van der Waals surface area contributed by atoms with Crippen LogP contribution in [0.2, 0.25) is 0 Å². The molecule has 0 saturated heterocycles. The molecule has 1 N–H and O–H groups in total. The van der Waals surface area contributed by atoms with Crippen LogP contribution in [0.1, 0.15) is 11.3 Å². The van der Waals surface area contributed by atoms with E-state index in [-0.39, 0.29) is 0 Å². The van der Waals surface area contributed by atoms with E-state index in [0.29, 0.717) is 23.3 Å². The minimum absolute atomic E-state index is 0.448. The van der Waals surface area contributed by atoms with Crippen molar-refractivity contribution in [1.29, 1.82) is 0 Å². The van der Waals surface area contributed by atoms with Crippen LogP contribution in [0.5, 0.6) is 5.75 Å². The molecule has 3 heterocycles. The molecule has 4 rings (SSSR count). The molecular formula is C20H17N5OS2. The number of thiazole rings is 1. The monoisotopic (exact) mass is 407 g/mol. The highest BCUT2D eigenvalue weighted by atomic mass is 32.2. The second kappa shape index (κ2) is 8.81. The van der Waals surface area contributed by atoms with E-state index in [1.54, 1.807) is 24.7 Å². The summed E-state index contributed by atoms with van der Waals surface area (Å²) in [5.41, 5.74) is 2.05. The summed E-state index contributed by atoms with van der Waals surface area (Å²) in [4.78, 5) is 18.4. The highest BCUT2D eigenvalue weighted by molar-refractivity contribution is 7.99. The maximum absolute atomic E-state index is 6.08. The summed E-state index contributed by atoms with van der Waals surface area (Å²) in [7, 11) is 0. The van der Waals surface area contributed by atoms with Gasteiger partial charge < -0.3 is 10.1 Å². The minimum atomic E-state index is 0.448. The Hall–Kier alpha value is -2.97. The second-order valence-electron chi connectivity index (χ2n) is 5.84. The fraction of sp³-hybridized carbons (Fsp3) is 0.100.